The van der Waals surface area contributed by atoms with E-state index >= 15 is 4.39 Å². The monoisotopic (exact) mass is 713 g/mol. The van der Waals surface area contributed by atoms with E-state index in [1.165, 1.54) is 4.90 Å². The molecule has 3 rings (SSSR count). The molecule has 0 radical (unpaired) electrons. The molecular weight excluding hydrogens is 665 g/mol. The van der Waals surface area contributed by atoms with E-state index in [2.05, 4.69) is 30.3 Å². The van der Waals surface area contributed by atoms with Crippen LogP contribution in [0.15, 0.2) is 60.8 Å². The first kappa shape index (κ1) is 40.0. The Hall–Kier alpha value is -4.40. The lowest BCUT2D eigenvalue weighted by atomic mass is 9.82. The zero-order chi connectivity index (χ0) is 37.2. The number of benzene rings is 2. The summed E-state index contributed by atoms with van der Waals surface area (Å²) in [6, 6.07) is 12.9. The first-order chi connectivity index (χ1) is 23.4. The molecular formula is C36H49F2N5O6Si. The Bertz CT molecular complexity index is 1640. The molecule has 14 heteroatoms. The molecule has 2 atom stereocenters. The fourth-order valence-corrected chi connectivity index (χ4v) is 6.26. The van der Waals surface area contributed by atoms with Gasteiger partial charge in [0.05, 0.1) is 19.2 Å². The molecule has 0 fully saturated rings. The van der Waals surface area contributed by atoms with E-state index in [4.69, 9.17) is 10.5 Å². The highest BCUT2D eigenvalue weighted by Gasteiger charge is 2.38. The number of carbonyl (C=O) groups is 4. The third-order valence-electron chi connectivity index (χ3n) is 8.03. The SMILES string of the molecule is CC(C)(C)[C@H](c1cc(-c2cc(F)ccc2F)cn1Cc1ccccc1)N(CC[C@H](NC(=O)OCC[Si](C)(C)C)C(=O)NC(=O)CN)C(=O)CO. The number of aromatic nitrogens is 1. The van der Waals surface area contributed by atoms with Crippen LogP contribution in [-0.2, 0) is 25.7 Å². The molecule has 0 saturated carbocycles. The normalized spacial score (nSPS) is 12.9. The van der Waals surface area contributed by atoms with Crippen molar-refractivity contribution in [2.45, 2.75) is 71.5 Å². The second-order valence-electron chi connectivity index (χ2n) is 14.5. The lowest BCUT2D eigenvalue weighted by molar-refractivity contribution is -0.140. The van der Waals surface area contributed by atoms with E-state index in [1.54, 1.807) is 12.3 Å². The molecule has 0 bridgehead atoms. The molecule has 1 aromatic heterocycles. The van der Waals surface area contributed by atoms with Gasteiger partial charge in [0, 0.05) is 44.2 Å². The predicted octanol–water partition coefficient (Wildman–Crippen LogP) is 4.81. The molecule has 4 amide bonds. The highest BCUT2D eigenvalue weighted by atomic mass is 28.3. The van der Waals surface area contributed by atoms with Gasteiger partial charge < -0.3 is 30.4 Å². The van der Waals surface area contributed by atoms with Crippen LogP contribution in [0.25, 0.3) is 11.1 Å². The molecule has 50 heavy (non-hydrogen) atoms. The summed E-state index contributed by atoms with van der Waals surface area (Å²) in [5, 5.41) is 14.8. The number of nitrogens with zero attached hydrogens (tertiary/aromatic N) is 2. The van der Waals surface area contributed by atoms with Crippen molar-refractivity contribution in [1.29, 1.82) is 0 Å². The van der Waals surface area contributed by atoms with Crippen molar-refractivity contribution in [1.82, 2.24) is 20.1 Å². The highest BCUT2D eigenvalue weighted by molar-refractivity contribution is 6.76. The molecule has 5 N–H and O–H groups in total. The number of imide groups is 1. The van der Waals surface area contributed by atoms with Gasteiger partial charge >= 0.3 is 6.09 Å². The largest absolute Gasteiger partial charge is 0.450 e. The minimum Gasteiger partial charge on any atom is -0.450 e. The van der Waals surface area contributed by atoms with Crippen molar-refractivity contribution < 1.29 is 37.8 Å². The number of nitrogens with one attached hydrogen (secondary N) is 2. The van der Waals surface area contributed by atoms with Gasteiger partial charge in [0.1, 0.15) is 24.3 Å². The summed E-state index contributed by atoms with van der Waals surface area (Å²) < 4.78 is 36.5. The molecule has 0 aliphatic carbocycles. The number of rotatable bonds is 15. The molecule has 11 nitrogen and oxygen atoms in total. The number of halogens is 2. The average molecular weight is 714 g/mol. The maximum atomic E-state index is 15.1. The molecule has 0 spiro atoms. The summed E-state index contributed by atoms with van der Waals surface area (Å²) in [5.41, 5.74) is 6.54. The highest BCUT2D eigenvalue weighted by Crippen LogP contribution is 2.41. The van der Waals surface area contributed by atoms with Crippen molar-refractivity contribution in [3.63, 3.8) is 0 Å². The minimum absolute atomic E-state index is 0.0314. The third kappa shape index (κ3) is 11.6. The summed E-state index contributed by atoms with van der Waals surface area (Å²) in [5.74, 6) is -3.53. The maximum Gasteiger partial charge on any atom is 0.407 e. The Morgan fingerprint density at radius 1 is 1.04 bits per heavy atom. The van der Waals surface area contributed by atoms with Gasteiger partial charge in [-0.25, -0.2) is 13.6 Å². The van der Waals surface area contributed by atoms with Crippen LogP contribution >= 0.6 is 0 Å². The maximum absolute atomic E-state index is 15.1. The van der Waals surface area contributed by atoms with E-state index in [-0.39, 0.29) is 25.1 Å². The van der Waals surface area contributed by atoms with E-state index < -0.39 is 74.2 Å². The van der Waals surface area contributed by atoms with Crippen molar-refractivity contribution in [3.05, 3.63) is 83.7 Å². The number of aliphatic hydroxyl groups is 1. The quantitative estimate of drug-likeness (QED) is 0.165. The van der Waals surface area contributed by atoms with Gasteiger partial charge in [-0.1, -0.05) is 70.7 Å². The lowest BCUT2D eigenvalue weighted by Gasteiger charge is -2.41. The van der Waals surface area contributed by atoms with Crippen LogP contribution < -0.4 is 16.4 Å². The number of amides is 4. The Morgan fingerprint density at radius 2 is 1.72 bits per heavy atom. The summed E-state index contributed by atoms with van der Waals surface area (Å²) in [4.78, 5) is 52.9. The first-order valence-corrected chi connectivity index (χ1v) is 20.2. The van der Waals surface area contributed by atoms with Gasteiger partial charge in [-0.15, -0.1) is 0 Å². The van der Waals surface area contributed by atoms with Crippen LogP contribution in [0.2, 0.25) is 25.7 Å². The fraction of sp³-hybridized carbons (Fsp3) is 0.444. The first-order valence-electron chi connectivity index (χ1n) is 16.5. The van der Waals surface area contributed by atoms with Crippen molar-refractivity contribution in [2.24, 2.45) is 11.1 Å². The van der Waals surface area contributed by atoms with Crippen LogP contribution in [0.4, 0.5) is 13.6 Å². The van der Waals surface area contributed by atoms with Gasteiger partial charge in [-0.2, -0.15) is 0 Å². The van der Waals surface area contributed by atoms with Crippen molar-refractivity contribution in [3.8, 4) is 11.1 Å². The standard InChI is InChI=1S/C36H49F2N5O6Si/c1-36(2,3)33(30-18-25(27-19-26(37)12-13-28(27)38)22-42(30)21-24-10-8-7-9-11-24)43(32(46)23-44)15-14-29(34(47)41-31(45)20-39)40-35(48)49-16-17-50(4,5)6/h7-13,18-19,22,29,33,44H,14-17,20-21,23,39H2,1-6H3,(H,40,48)(H,41,45,47)/t29-,33-/m0/s1. The number of carbonyl (C=O) groups excluding carboxylic acids is 4. The topological polar surface area (TPSA) is 156 Å². The number of aliphatic hydroxyl groups excluding tert-OH is 1. The van der Waals surface area contributed by atoms with Gasteiger partial charge in [-0.05, 0) is 47.7 Å². The van der Waals surface area contributed by atoms with Crippen LogP contribution in [0, 0.1) is 17.0 Å². The van der Waals surface area contributed by atoms with Crippen molar-refractivity contribution in [2.75, 3.05) is 26.3 Å². The third-order valence-corrected chi connectivity index (χ3v) is 9.74. The minimum atomic E-state index is -1.53. The molecule has 0 saturated heterocycles. The molecule has 1 heterocycles. The van der Waals surface area contributed by atoms with E-state index in [0.29, 0.717) is 23.8 Å². The van der Waals surface area contributed by atoms with Crippen molar-refractivity contribution >= 4 is 31.9 Å². The van der Waals surface area contributed by atoms with Crippen LogP contribution in [0.3, 0.4) is 0 Å². The summed E-state index contributed by atoms with van der Waals surface area (Å²) in [7, 11) is -1.53. The smallest absolute Gasteiger partial charge is 0.407 e. The molecule has 0 unspecified atom stereocenters. The second-order valence-corrected chi connectivity index (χ2v) is 20.1. The van der Waals surface area contributed by atoms with E-state index in [0.717, 1.165) is 23.8 Å². The zero-order valence-corrected chi connectivity index (χ0v) is 30.6. The Morgan fingerprint density at radius 3 is 2.32 bits per heavy atom. The second kappa shape index (κ2) is 17.5. The average Bonchev–Trinajstić information content (AvgIpc) is 3.44. The van der Waals surface area contributed by atoms with Crippen LogP contribution in [0.5, 0.6) is 0 Å². The van der Waals surface area contributed by atoms with Crippen LogP contribution in [0.1, 0.15) is 44.5 Å². The summed E-state index contributed by atoms with van der Waals surface area (Å²) >= 11 is 0. The van der Waals surface area contributed by atoms with Gasteiger partial charge in [-0.3, -0.25) is 19.7 Å². The number of hydrogen-bond acceptors (Lipinski definition) is 7. The van der Waals surface area contributed by atoms with E-state index in [9.17, 15) is 28.7 Å². The number of alkyl carbamates (subject to hydrolysis) is 1. The molecule has 2 aromatic carbocycles. The number of ether oxygens (including phenoxy) is 1. The predicted molar refractivity (Wildman–Crippen MR) is 190 cm³/mol. The Kier molecular flexibility index (Phi) is 14.0. The fourth-order valence-electron chi connectivity index (χ4n) is 5.55. The van der Waals surface area contributed by atoms with Crippen LogP contribution in [-0.4, -0.2) is 78.8 Å². The summed E-state index contributed by atoms with van der Waals surface area (Å²) in [6.45, 7) is 11.0. The number of hydrogen-bond donors (Lipinski definition) is 4. The van der Waals surface area contributed by atoms with Gasteiger partial charge in [0.15, 0.2) is 0 Å². The van der Waals surface area contributed by atoms with Gasteiger partial charge in [0.25, 0.3) is 0 Å². The Balaban J connectivity index is 2.06. The van der Waals surface area contributed by atoms with E-state index in [1.807, 2.05) is 55.7 Å². The molecule has 3 aromatic rings. The lowest BCUT2D eigenvalue weighted by Crippen LogP contribution is -2.52. The Labute approximate surface area is 293 Å². The molecule has 0 aliphatic rings. The molecule has 272 valence electrons. The van der Waals surface area contributed by atoms with Gasteiger partial charge in [0.2, 0.25) is 17.7 Å². The number of nitrogens with two attached hydrogens (primary N) is 1. The molecule has 0 aliphatic heterocycles. The summed E-state index contributed by atoms with van der Waals surface area (Å²) in [6.07, 6.45) is 0.651. The zero-order valence-electron chi connectivity index (χ0n) is 29.6.